The van der Waals surface area contributed by atoms with E-state index in [9.17, 15) is 18.4 Å². The second-order valence-corrected chi connectivity index (χ2v) is 3.98. The highest BCUT2D eigenvalue weighted by Crippen LogP contribution is 2.19. The van der Waals surface area contributed by atoms with Gasteiger partial charge in [0.05, 0.1) is 11.3 Å². The Balaban J connectivity index is 2.26. The number of hydrogen-bond donors (Lipinski definition) is 2. The Hall–Kier alpha value is -2.50. The predicted octanol–water partition coefficient (Wildman–Crippen LogP) is 2.21. The number of carbonyl (C=O) groups excluding carboxylic acids is 1. The topological polar surface area (TPSA) is 62.0 Å². The SMILES string of the molecule is Cc1cc(F)c(NC(=O)c2ccc(=O)[nH]c2)cc1F. The number of nitrogens with one attached hydrogen (secondary N) is 2. The zero-order valence-electron chi connectivity index (χ0n) is 9.96. The van der Waals surface area contributed by atoms with E-state index in [1.54, 1.807) is 0 Å². The van der Waals surface area contributed by atoms with Gasteiger partial charge in [0, 0.05) is 18.3 Å². The lowest BCUT2D eigenvalue weighted by Crippen LogP contribution is -2.15. The number of H-pyrrole nitrogens is 1. The number of pyridine rings is 1. The summed E-state index contributed by atoms with van der Waals surface area (Å²) >= 11 is 0. The van der Waals surface area contributed by atoms with Gasteiger partial charge in [-0.3, -0.25) is 9.59 Å². The van der Waals surface area contributed by atoms with Crippen molar-refractivity contribution in [2.75, 3.05) is 5.32 Å². The summed E-state index contributed by atoms with van der Waals surface area (Å²) in [6.45, 7) is 1.42. The third-order valence-electron chi connectivity index (χ3n) is 2.54. The van der Waals surface area contributed by atoms with E-state index in [1.807, 2.05) is 0 Å². The van der Waals surface area contributed by atoms with Crippen molar-refractivity contribution in [2.24, 2.45) is 0 Å². The molecule has 0 fully saturated rings. The molecule has 0 bridgehead atoms. The number of aryl methyl sites for hydroxylation is 1. The van der Waals surface area contributed by atoms with E-state index >= 15 is 0 Å². The van der Waals surface area contributed by atoms with Crippen molar-refractivity contribution in [2.45, 2.75) is 6.92 Å². The van der Waals surface area contributed by atoms with Crippen LogP contribution in [0, 0.1) is 18.6 Å². The zero-order valence-corrected chi connectivity index (χ0v) is 9.96. The maximum absolute atomic E-state index is 13.5. The summed E-state index contributed by atoms with van der Waals surface area (Å²) in [5.41, 5.74) is -0.317. The van der Waals surface area contributed by atoms with E-state index in [0.717, 1.165) is 12.1 Å². The van der Waals surface area contributed by atoms with Crippen LogP contribution in [0.25, 0.3) is 0 Å². The number of rotatable bonds is 2. The molecule has 2 rings (SSSR count). The molecule has 0 unspecified atom stereocenters. The summed E-state index contributed by atoms with van der Waals surface area (Å²) in [4.78, 5) is 24.9. The van der Waals surface area contributed by atoms with Crippen molar-refractivity contribution in [1.29, 1.82) is 0 Å². The smallest absolute Gasteiger partial charge is 0.257 e. The van der Waals surface area contributed by atoms with E-state index in [-0.39, 0.29) is 22.4 Å². The van der Waals surface area contributed by atoms with Crippen molar-refractivity contribution < 1.29 is 13.6 Å². The lowest BCUT2D eigenvalue weighted by molar-refractivity contribution is 0.102. The van der Waals surface area contributed by atoms with E-state index in [1.165, 1.54) is 25.3 Å². The fourth-order valence-electron chi connectivity index (χ4n) is 1.49. The van der Waals surface area contributed by atoms with Crippen LogP contribution in [0.5, 0.6) is 0 Å². The number of carbonyl (C=O) groups is 1. The van der Waals surface area contributed by atoms with Gasteiger partial charge in [-0.15, -0.1) is 0 Å². The third-order valence-corrected chi connectivity index (χ3v) is 2.54. The van der Waals surface area contributed by atoms with Crippen molar-refractivity contribution >= 4 is 11.6 Å². The third kappa shape index (κ3) is 2.85. The van der Waals surface area contributed by atoms with Gasteiger partial charge in [0.15, 0.2) is 0 Å². The van der Waals surface area contributed by atoms with Gasteiger partial charge in [-0.2, -0.15) is 0 Å². The van der Waals surface area contributed by atoms with E-state index in [0.29, 0.717) is 0 Å². The molecule has 1 aromatic carbocycles. The molecule has 1 amide bonds. The molecule has 6 heteroatoms. The number of aromatic nitrogens is 1. The Bertz CT molecular complexity index is 675. The number of amides is 1. The van der Waals surface area contributed by atoms with Crippen molar-refractivity contribution in [3.05, 3.63) is 63.6 Å². The summed E-state index contributed by atoms with van der Waals surface area (Å²) in [5.74, 6) is -1.98. The maximum atomic E-state index is 13.5. The van der Waals surface area contributed by atoms with E-state index in [4.69, 9.17) is 0 Å². The number of aromatic amines is 1. The standard InChI is InChI=1S/C13H10F2N2O2/c1-7-4-10(15)11(5-9(7)14)17-13(19)8-2-3-12(18)16-6-8/h2-6H,1H3,(H,16,18)(H,17,19). The first-order valence-corrected chi connectivity index (χ1v) is 5.43. The highest BCUT2D eigenvalue weighted by molar-refractivity contribution is 6.04. The Morgan fingerprint density at radius 1 is 1.21 bits per heavy atom. The minimum atomic E-state index is -0.725. The van der Waals surface area contributed by atoms with Crippen LogP contribution in [0.15, 0.2) is 35.3 Å². The first-order chi connectivity index (χ1) is 8.97. The Labute approximate surface area is 107 Å². The lowest BCUT2D eigenvalue weighted by Gasteiger charge is -2.07. The zero-order chi connectivity index (χ0) is 14.0. The fraction of sp³-hybridized carbons (Fsp3) is 0.0769. The Kier molecular flexibility index (Phi) is 3.41. The Morgan fingerprint density at radius 3 is 2.58 bits per heavy atom. The monoisotopic (exact) mass is 264 g/mol. The second-order valence-electron chi connectivity index (χ2n) is 3.98. The molecule has 98 valence electrons. The molecule has 0 saturated heterocycles. The van der Waals surface area contributed by atoms with Crippen molar-refractivity contribution in [1.82, 2.24) is 4.98 Å². The summed E-state index contributed by atoms with van der Waals surface area (Å²) in [6.07, 6.45) is 1.19. The quantitative estimate of drug-likeness (QED) is 0.873. The number of benzene rings is 1. The maximum Gasteiger partial charge on any atom is 0.257 e. The van der Waals surface area contributed by atoms with Gasteiger partial charge in [-0.1, -0.05) is 0 Å². The van der Waals surface area contributed by atoms with E-state index in [2.05, 4.69) is 10.3 Å². The molecule has 0 spiro atoms. The molecular formula is C13H10F2N2O2. The van der Waals surface area contributed by atoms with E-state index < -0.39 is 17.5 Å². The summed E-state index contributed by atoms with van der Waals surface area (Å²) in [6, 6.07) is 4.36. The number of hydrogen-bond acceptors (Lipinski definition) is 2. The molecule has 0 aliphatic rings. The van der Waals surface area contributed by atoms with Gasteiger partial charge in [0.1, 0.15) is 11.6 Å². The van der Waals surface area contributed by atoms with Crippen molar-refractivity contribution in [3.8, 4) is 0 Å². The van der Waals surface area contributed by atoms with Crippen LogP contribution in [0.1, 0.15) is 15.9 Å². The molecule has 19 heavy (non-hydrogen) atoms. The van der Waals surface area contributed by atoms with Crippen LogP contribution in [-0.4, -0.2) is 10.9 Å². The molecule has 4 nitrogen and oxygen atoms in total. The fourth-order valence-corrected chi connectivity index (χ4v) is 1.49. The summed E-state index contributed by atoms with van der Waals surface area (Å²) in [5, 5.41) is 2.24. The normalized spacial score (nSPS) is 10.3. The lowest BCUT2D eigenvalue weighted by atomic mass is 10.2. The molecule has 0 aliphatic carbocycles. The first kappa shape index (κ1) is 12.9. The molecule has 2 N–H and O–H groups in total. The predicted molar refractivity (Wildman–Crippen MR) is 66.1 cm³/mol. The van der Waals surface area contributed by atoms with Crippen LogP contribution in [0.3, 0.4) is 0 Å². The Morgan fingerprint density at radius 2 is 1.95 bits per heavy atom. The molecule has 0 saturated carbocycles. The molecular weight excluding hydrogens is 254 g/mol. The van der Waals surface area contributed by atoms with Gasteiger partial charge in [0.25, 0.3) is 5.91 Å². The van der Waals surface area contributed by atoms with Gasteiger partial charge in [-0.05, 0) is 24.6 Å². The van der Waals surface area contributed by atoms with Crippen LogP contribution in [0.4, 0.5) is 14.5 Å². The van der Waals surface area contributed by atoms with Crippen molar-refractivity contribution in [3.63, 3.8) is 0 Å². The van der Waals surface area contributed by atoms with Gasteiger partial charge in [0.2, 0.25) is 5.56 Å². The molecule has 1 heterocycles. The molecule has 2 aromatic rings. The largest absolute Gasteiger partial charge is 0.328 e. The minimum Gasteiger partial charge on any atom is -0.328 e. The average molecular weight is 264 g/mol. The average Bonchev–Trinajstić information content (AvgIpc) is 2.36. The van der Waals surface area contributed by atoms with Gasteiger partial charge >= 0.3 is 0 Å². The molecule has 0 radical (unpaired) electrons. The van der Waals surface area contributed by atoms with Crippen LogP contribution in [0.2, 0.25) is 0 Å². The highest BCUT2D eigenvalue weighted by atomic mass is 19.1. The number of anilines is 1. The van der Waals surface area contributed by atoms with Gasteiger partial charge in [-0.25, -0.2) is 8.78 Å². The minimum absolute atomic E-state index is 0.139. The molecule has 0 aliphatic heterocycles. The summed E-state index contributed by atoms with van der Waals surface area (Å²) < 4.78 is 26.8. The first-order valence-electron chi connectivity index (χ1n) is 5.43. The van der Waals surface area contributed by atoms with Crippen LogP contribution in [-0.2, 0) is 0 Å². The number of halogens is 2. The molecule has 1 aromatic heterocycles. The van der Waals surface area contributed by atoms with Crippen LogP contribution < -0.4 is 10.9 Å². The molecule has 0 atom stereocenters. The summed E-state index contributed by atoms with van der Waals surface area (Å²) in [7, 11) is 0. The van der Waals surface area contributed by atoms with Crippen LogP contribution >= 0.6 is 0 Å². The highest BCUT2D eigenvalue weighted by Gasteiger charge is 2.11. The second kappa shape index (κ2) is 5.01. The van der Waals surface area contributed by atoms with Gasteiger partial charge < -0.3 is 10.3 Å².